The van der Waals surface area contributed by atoms with Crippen LogP contribution in [0.15, 0.2) is 24.7 Å². The zero-order valence-corrected chi connectivity index (χ0v) is 15.1. The fraction of sp³-hybridized carbons (Fsp3) is 0.650. The third-order valence-electron chi connectivity index (χ3n) is 6.19. The lowest BCUT2D eigenvalue weighted by atomic mass is 9.83. The zero-order valence-electron chi connectivity index (χ0n) is 15.1. The number of hydrogen-bond acceptors (Lipinski definition) is 3. The Morgan fingerprint density at radius 1 is 1.04 bits per heavy atom. The van der Waals surface area contributed by atoms with E-state index in [4.69, 9.17) is 0 Å². The van der Waals surface area contributed by atoms with Crippen molar-refractivity contribution in [3.05, 3.63) is 30.2 Å². The predicted molar refractivity (Wildman–Crippen MR) is 100.0 cm³/mol. The highest BCUT2D eigenvalue weighted by atomic mass is 15.5. The molecule has 0 atom stereocenters. The molecule has 2 aromatic heterocycles. The number of likely N-dealkylation sites (tertiary alicyclic amines) is 1. The Morgan fingerprint density at radius 3 is 2.42 bits per heavy atom. The molecule has 4 heterocycles. The molecule has 0 saturated carbocycles. The molecule has 130 valence electrons. The maximum Gasteiger partial charge on any atom is 0.0728 e. The van der Waals surface area contributed by atoms with E-state index in [0.29, 0.717) is 0 Å². The summed E-state index contributed by atoms with van der Waals surface area (Å²) in [5.41, 5.74) is 2.63. The van der Waals surface area contributed by atoms with Crippen LogP contribution in [0.25, 0.3) is 10.9 Å². The van der Waals surface area contributed by atoms with Crippen LogP contribution >= 0.6 is 0 Å². The molecule has 4 rings (SSSR count). The minimum Gasteiger partial charge on any atom is -0.313 e. The molecule has 2 fully saturated rings. The molecule has 2 aliphatic heterocycles. The van der Waals surface area contributed by atoms with E-state index in [1.54, 1.807) is 0 Å². The van der Waals surface area contributed by atoms with Gasteiger partial charge in [0, 0.05) is 37.1 Å². The average molecular weight is 326 g/mol. The van der Waals surface area contributed by atoms with Crippen LogP contribution in [0.5, 0.6) is 0 Å². The van der Waals surface area contributed by atoms with E-state index < -0.39 is 0 Å². The number of fused-ring (bicyclic) bond motifs is 1. The Bertz CT molecular complexity index is 676. The Labute approximate surface area is 145 Å². The van der Waals surface area contributed by atoms with Gasteiger partial charge in [0.25, 0.3) is 0 Å². The highest BCUT2D eigenvalue weighted by Gasteiger charge is 2.25. The first kappa shape index (κ1) is 15.9. The van der Waals surface area contributed by atoms with Crippen molar-refractivity contribution < 1.29 is 0 Å². The SMILES string of the molecule is Cc1cn(N2CCC(CC3CCN(C)CC3)CC2)c2ccncc12. The van der Waals surface area contributed by atoms with Gasteiger partial charge in [0.1, 0.15) is 0 Å². The third kappa shape index (κ3) is 3.16. The standard InChI is InChI=1S/C20H30N4/c1-16-15-24(20-3-8-21-14-19(16)20)23-11-6-18(7-12-23)13-17-4-9-22(2)10-5-17/h3,8,14-15,17-18H,4-7,9-13H2,1-2H3. The summed E-state index contributed by atoms with van der Waals surface area (Å²) in [6.07, 6.45) is 13.1. The van der Waals surface area contributed by atoms with Crippen molar-refractivity contribution in [3.8, 4) is 0 Å². The summed E-state index contributed by atoms with van der Waals surface area (Å²) < 4.78 is 2.37. The van der Waals surface area contributed by atoms with Crippen LogP contribution in [0.4, 0.5) is 0 Å². The zero-order chi connectivity index (χ0) is 16.5. The van der Waals surface area contributed by atoms with Gasteiger partial charge in [-0.25, -0.2) is 0 Å². The topological polar surface area (TPSA) is 24.3 Å². The molecular weight excluding hydrogens is 296 g/mol. The summed E-state index contributed by atoms with van der Waals surface area (Å²) in [6.45, 7) is 7.15. The second-order valence-corrected chi connectivity index (χ2v) is 7.93. The largest absolute Gasteiger partial charge is 0.313 e. The first-order valence-electron chi connectivity index (χ1n) is 9.56. The summed E-state index contributed by atoms with van der Waals surface area (Å²) in [7, 11) is 2.26. The number of aryl methyl sites for hydroxylation is 1. The minimum atomic E-state index is 0.930. The van der Waals surface area contributed by atoms with Gasteiger partial charge in [-0.3, -0.25) is 9.66 Å². The molecule has 0 amide bonds. The van der Waals surface area contributed by atoms with Gasteiger partial charge in [0.2, 0.25) is 0 Å². The van der Waals surface area contributed by atoms with Crippen molar-refractivity contribution in [2.45, 2.75) is 39.0 Å². The molecule has 2 aliphatic rings. The van der Waals surface area contributed by atoms with Crippen molar-refractivity contribution in [2.75, 3.05) is 38.2 Å². The second-order valence-electron chi connectivity index (χ2n) is 7.93. The normalized spacial score (nSPS) is 21.7. The van der Waals surface area contributed by atoms with Crippen molar-refractivity contribution in [1.29, 1.82) is 0 Å². The van der Waals surface area contributed by atoms with Gasteiger partial charge in [-0.15, -0.1) is 0 Å². The minimum absolute atomic E-state index is 0.930. The Morgan fingerprint density at radius 2 is 1.71 bits per heavy atom. The molecule has 2 aromatic rings. The lowest BCUT2D eigenvalue weighted by molar-refractivity contribution is 0.184. The second kappa shape index (κ2) is 6.75. The van der Waals surface area contributed by atoms with Gasteiger partial charge in [-0.1, -0.05) is 0 Å². The molecule has 2 saturated heterocycles. The van der Waals surface area contributed by atoms with Crippen molar-refractivity contribution in [3.63, 3.8) is 0 Å². The van der Waals surface area contributed by atoms with E-state index in [2.05, 4.69) is 45.8 Å². The van der Waals surface area contributed by atoms with Crippen LogP contribution in [0.3, 0.4) is 0 Å². The predicted octanol–water partition coefficient (Wildman–Crippen LogP) is 3.42. The summed E-state index contributed by atoms with van der Waals surface area (Å²) in [6, 6.07) is 2.15. The molecule has 0 aliphatic carbocycles. The lowest BCUT2D eigenvalue weighted by Gasteiger charge is -2.37. The summed E-state index contributed by atoms with van der Waals surface area (Å²) >= 11 is 0. The molecule has 0 bridgehead atoms. The van der Waals surface area contributed by atoms with E-state index in [0.717, 1.165) is 11.8 Å². The van der Waals surface area contributed by atoms with Crippen molar-refractivity contribution in [1.82, 2.24) is 14.6 Å². The smallest absolute Gasteiger partial charge is 0.0728 e. The van der Waals surface area contributed by atoms with E-state index in [9.17, 15) is 0 Å². The number of piperidine rings is 2. The summed E-state index contributed by atoms with van der Waals surface area (Å²) in [5, 5.41) is 3.81. The maximum atomic E-state index is 4.28. The van der Waals surface area contributed by atoms with Gasteiger partial charge in [0.15, 0.2) is 0 Å². The highest BCUT2D eigenvalue weighted by Crippen LogP contribution is 2.30. The molecule has 0 radical (unpaired) electrons. The molecule has 0 N–H and O–H groups in total. The van der Waals surface area contributed by atoms with Gasteiger partial charge in [-0.05, 0) is 82.6 Å². The van der Waals surface area contributed by atoms with Gasteiger partial charge in [0.05, 0.1) is 5.52 Å². The number of pyridine rings is 1. The van der Waals surface area contributed by atoms with E-state index in [1.165, 1.54) is 74.7 Å². The number of aromatic nitrogens is 2. The first-order chi connectivity index (χ1) is 11.7. The van der Waals surface area contributed by atoms with Crippen molar-refractivity contribution >= 4 is 10.9 Å². The fourth-order valence-corrected chi connectivity index (χ4v) is 4.59. The fourth-order valence-electron chi connectivity index (χ4n) is 4.59. The Balaban J connectivity index is 1.37. The third-order valence-corrected chi connectivity index (χ3v) is 6.19. The Hall–Kier alpha value is -1.55. The Kier molecular flexibility index (Phi) is 4.49. The van der Waals surface area contributed by atoms with Crippen molar-refractivity contribution in [2.24, 2.45) is 11.8 Å². The quantitative estimate of drug-likeness (QED) is 0.864. The molecule has 0 spiro atoms. The molecule has 4 heteroatoms. The van der Waals surface area contributed by atoms with Gasteiger partial charge < -0.3 is 9.91 Å². The van der Waals surface area contributed by atoms with Crippen LogP contribution in [0.2, 0.25) is 0 Å². The van der Waals surface area contributed by atoms with E-state index in [1.807, 2.05) is 12.4 Å². The maximum absolute atomic E-state index is 4.28. The highest BCUT2D eigenvalue weighted by molar-refractivity contribution is 5.83. The monoisotopic (exact) mass is 326 g/mol. The number of nitrogens with zero attached hydrogens (tertiary/aromatic N) is 4. The van der Waals surface area contributed by atoms with Crippen LogP contribution in [-0.4, -0.2) is 47.8 Å². The van der Waals surface area contributed by atoms with Crippen LogP contribution in [0, 0.1) is 18.8 Å². The summed E-state index contributed by atoms with van der Waals surface area (Å²) in [5.74, 6) is 1.90. The summed E-state index contributed by atoms with van der Waals surface area (Å²) in [4.78, 5) is 6.76. The molecule has 24 heavy (non-hydrogen) atoms. The molecule has 0 unspecified atom stereocenters. The number of rotatable bonds is 3. The van der Waals surface area contributed by atoms with E-state index >= 15 is 0 Å². The molecular formula is C20H30N4. The van der Waals surface area contributed by atoms with Gasteiger partial charge >= 0.3 is 0 Å². The van der Waals surface area contributed by atoms with E-state index in [-0.39, 0.29) is 0 Å². The lowest BCUT2D eigenvalue weighted by Crippen LogP contribution is -2.42. The van der Waals surface area contributed by atoms with Crippen LogP contribution in [0.1, 0.15) is 37.7 Å². The average Bonchev–Trinajstić information content (AvgIpc) is 2.95. The number of hydrogen-bond donors (Lipinski definition) is 0. The van der Waals surface area contributed by atoms with Crippen LogP contribution < -0.4 is 5.01 Å². The van der Waals surface area contributed by atoms with Gasteiger partial charge in [-0.2, -0.15) is 0 Å². The molecule has 0 aromatic carbocycles. The first-order valence-corrected chi connectivity index (χ1v) is 9.56. The van der Waals surface area contributed by atoms with Crippen LogP contribution in [-0.2, 0) is 0 Å². The molecule has 4 nitrogen and oxygen atoms in total.